The first-order valence-corrected chi connectivity index (χ1v) is 6.01. The van der Waals surface area contributed by atoms with E-state index in [2.05, 4.69) is 20.4 Å². The van der Waals surface area contributed by atoms with Crippen LogP contribution in [0.15, 0.2) is 21.7 Å². The van der Waals surface area contributed by atoms with Crippen LogP contribution in [0.2, 0.25) is 0 Å². The Morgan fingerprint density at radius 2 is 2.00 bits per heavy atom. The second-order valence-electron chi connectivity index (χ2n) is 2.65. The van der Waals surface area contributed by atoms with Crippen molar-refractivity contribution in [3.05, 3.63) is 12.1 Å². The van der Waals surface area contributed by atoms with E-state index in [-0.39, 0.29) is 15.9 Å². The van der Waals surface area contributed by atoms with Gasteiger partial charge in [0.25, 0.3) is 9.05 Å². The molecule has 1 heterocycles. The Kier molecular flexibility index (Phi) is 2.25. The highest BCUT2D eigenvalue weighted by atomic mass is 35.7. The number of nitrogens with one attached hydrogen (secondary N) is 1. The van der Waals surface area contributed by atoms with E-state index >= 15 is 0 Å². The van der Waals surface area contributed by atoms with Gasteiger partial charge in [0.2, 0.25) is 0 Å². The fourth-order valence-electron chi connectivity index (χ4n) is 1.16. The van der Waals surface area contributed by atoms with Gasteiger partial charge < -0.3 is 5.43 Å². The van der Waals surface area contributed by atoms with Crippen molar-refractivity contribution < 1.29 is 13.0 Å². The Morgan fingerprint density at radius 1 is 1.33 bits per heavy atom. The summed E-state index contributed by atoms with van der Waals surface area (Å²) in [6, 6.07) is 2.69. The maximum absolute atomic E-state index is 11.1. The highest BCUT2D eigenvalue weighted by Crippen LogP contribution is 2.27. The van der Waals surface area contributed by atoms with Gasteiger partial charge in [-0.2, -0.15) is 0 Å². The van der Waals surface area contributed by atoms with Crippen LogP contribution < -0.4 is 11.3 Å². The van der Waals surface area contributed by atoms with E-state index < -0.39 is 9.05 Å². The minimum Gasteiger partial charge on any atom is -0.322 e. The number of rotatable bonds is 2. The molecule has 0 saturated carbocycles. The molecule has 0 bridgehead atoms. The van der Waals surface area contributed by atoms with E-state index in [4.69, 9.17) is 16.5 Å². The Morgan fingerprint density at radius 3 is 2.60 bits per heavy atom. The number of fused-ring (bicyclic) bond motifs is 1. The molecule has 0 spiro atoms. The Bertz CT molecular complexity index is 608. The number of anilines is 1. The lowest BCUT2D eigenvalue weighted by Gasteiger charge is -2.00. The van der Waals surface area contributed by atoms with Gasteiger partial charge in [-0.3, -0.25) is 5.84 Å². The number of benzene rings is 1. The first kappa shape index (κ1) is 10.1. The van der Waals surface area contributed by atoms with Gasteiger partial charge in [-0.1, -0.05) is 0 Å². The third-order valence-corrected chi connectivity index (χ3v) is 3.15. The second kappa shape index (κ2) is 3.33. The van der Waals surface area contributed by atoms with Crippen LogP contribution >= 0.6 is 10.7 Å². The maximum Gasteiger partial charge on any atom is 0.263 e. The average Bonchev–Trinajstić information content (AvgIpc) is 2.62. The standard InChI is InChI=1S/C6H5ClN4O3S/c7-15(12,13)4-2-1-3(9-8)5-6(4)11-14-10-5/h1-2,9H,8H2. The molecule has 0 aliphatic rings. The van der Waals surface area contributed by atoms with Crippen molar-refractivity contribution in [2.75, 3.05) is 5.43 Å². The molecule has 1 aromatic heterocycles. The van der Waals surface area contributed by atoms with Crippen molar-refractivity contribution in [3.8, 4) is 0 Å². The van der Waals surface area contributed by atoms with Gasteiger partial charge >= 0.3 is 0 Å². The van der Waals surface area contributed by atoms with Gasteiger partial charge in [-0.05, 0) is 22.4 Å². The molecule has 80 valence electrons. The van der Waals surface area contributed by atoms with E-state index in [1.165, 1.54) is 12.1 Å². The molecule has 1 aromatic carbocycles. The van der Waals surface area contributed by atoms with Crippen molar-refractivity contribution in [1.29, 1.82) is 0 Å². The molecule has 0 aliphatic heterocycles. The van der Waals surface area contributed by atoms with Crippen LogP contribution in [-0.2, 0) is 9.05 Å². The lowest BCUT2D eigenvalue weighted by Crippen LogP contribution is -2.07. The molecule has 0 amide bonds. The quantitative estimate of drug-likeness (QED) is 0.450. The fourth-order valence-corrected chi connectivity index (χ4v) is 2.13. The van der Waals surface area contributed by atoms with Crippen molar-refractivity contribution >= 4 is 36.5 Å². The molecule has 0 fully saturated rings. The monoisotopic (exact) mass is 248 g/mol. The molecule has 3 N–H and O–H groups in total. The molecule has 0 atom stereocenters. The largest absolute Gasteiger partial charge is 0.322 e. The number of hydrogen-bond donors (Lipinski definition) is 2. The highest BCUT2D eigenvalue weighted by molar-refractivity contribution is 8.14. The lowest BCUT2D eigenvalue weighted by molar-refractivity contribution is 0.315. The molecular weight excluding hydrogens is 244 g/mol. The first-order valence-electron chi connectivity index (χ1n) is 3.70. The van der Waals surface area contributed by atoms with Crippen molar-refractivity contribution in [3.63, 3.8) is 0 Å². The molecule has 0 radical (unpaired) electrons. The van der Waals surface area contributed by atoms with Gasteiger partial charge in [0, 0.05) is 10.7 Å². The predicted octanol–water partition coefficient (Wildman–Crippen LogP) is 0.436. The van der Waals surface area contributed by atoms with Gasteiger partial charge in [0.05, 0.1) is 5.69 Å². The number of nitrogens with two attached hydrogens (primary N) is 1. The number of nitrogens with zero attached hydrogens (tertiary/aromatic N) is 2. The summed E-state index contributed by atoms with van der Waals surface area (Å²) in [5.41, 5.74) is 2.98. The van der Waals surface area contributed by atoms with Crippen LogP contribution in [-0.4, -0.2) is 18.7 Å². The van der Waals surface area contributed by atoms with Gasteiger partial charge in [-0.15, -0.1) is 0 Å². The first-order chi connectivity index (χ1) is 7.04. The minimum absolute atomic E-state index is 0.0421. The van der Waals surface area contributed by atoms with Crippen molar-refractivity contribution in [1.82, 2.24) is 10.3 Å². The molecule has 0 unspecified atom stereocenters. The maximum atomic E-state index is 11.1. The molecule has 2 rings (SSSR count). The van der Waals surface area contributed by atoms with Gasteiger partial charge in [0.1, 0.15) is 4.90 Å². The Hall–Kier alpha value is -1.38. The van der Waals surface area contributed by atoms with E-state index in [0.717, 1.165) is 0 Å². The smallest absolute Gasteiger partial charge is 0.263 e. The number of hydrazine groups is 1. The predicted molar refractivity (Wildman–Crippen MR) is 52.7 cm³/mol. The zero-order chi connectivity index (χ0) is 11.1. The summed E-state index contributed by atoms with van der Waals surface area (Å²) in [4.78, 5) is -0.167. The SMILES string of the molecule is NNc1ccc(S(=O)(=O)Cl)c2nonc12. The highest BCUT2D eigenvalue weighted by Gasteiger charge is 2.19. The summed E-state index contributed by atoms with van der Waals surface area (Å²) < 4.78 is 26.7. The Balaban J connectivity index is 2.86. The molecule has 7 nitrogen and oxygen atoms in total. The van der Waals surface area contributed by atoms with Gasteiger partial charge in [-0.25, -0.2) is 13.0 Å². The number of hydrogen-bond acceptors (Lipinski definition) is 7. The van der Waals surface area contributed by atoms with Crippen LogP contribution in [0.3, 0.4) is 0 Å². The summed E-state index contributed by atoms with van der Waals surface area (Å²) in [5, 5.41) is 6.96. The average molecular weight is 249 g/mol. The molecule has 0 aliphatic carbocycles. The summed E-state index contributed by atoms with van der Waals surface area (Å²) in [6.45, 7) is 0. The van der Waals surface area contributed by atoms with E-state index in [9.17, 15) is 8.42 Å². The summed E-state index contributed by atoms with van der Waals surface area (Å²) >= 11 is 0. The topological polar surface area (TPSA) is 111 Å². The van der Waals surface area contributed by atoms with Crippen LogP contribution in [0.25, 0.3) is 11.0 Å². The molecular formula is C6H5ClN4O3S. The summed E-state index contributed by atoms with van der Waals surface area (Å²) in [5.74, 6) is 5.19. The summed E-state index contributed by atoms with van der Waals surface area (Å²) in [7, 11) is 1.32. The third-order valence-electron chi connectivity index (χ3n) is 1.80. The van der Waals surface area contributed by atoms with Crippen LogP contribution in [0.4, 0.5) is 5.69 Å². The van der Waals surface area contributed by atoms with Gasteiger partial charge in [0.15, 0.2) is 11.0 Å². The summed E-state index contributed by atoms with van der Waals surface area (Å²) in [6.07, 6.45) is 0. The zero-order valence-corrected chi connectivity index (χ0v) is 8.71. The van der Waals surface area contributed by atoms with Crippen molar-refractivity contribution in [2.45, 2.75) is 4.90 Å². The zero-order valence-electron chi connectivity index (χ0n) is 7.14. The van der Waals surface area contributed by atoms with Crippen LogP contribution in [0.5, 0.6) is 0 Å². The Labute approximate surface area is 88.5 Å². The number of halogens is 1. The molecule has 15 heavy (non-hydrogen) atoms. The fraction of sp³-hybridized carbons (Fsp3) is 0. The third kappa shape index (κ3) is 1.62. The number of aromatic nitrogens is 2. The second-order valence-corrected chi connectivity index (χ2v) is 5.19. The molecule has 2 aromatic rings. The lowest BCUT2D eigenvalue weighted by atomic mass is 10.3. The van der Waals surface area contributed by atoms with Crippen molar-refractivity contribution in [2.24, 2.45) is 5.84 Å². The molecule has 0 saturated heterocycles. The number of nitrogen functional groups attached to an aromatic ring is 1. The van der Waals surface area contributed by atoms with Crippen LogP contribution in [0.1, 0.15) is 0 Å². The minimum atomic E-state index is -3.88. The van der Waals surface area contributed by atoms with E-state index in [0.29, 0.717) is 5.69 Å². The van der Waals surface area contributed by atoms with E-state index in [1.54, 1.807) is 0 Å². The van der Waals surface area contributed by atoms with E-state index in [1.807, 2.05) is 0 Å². The van der Waals surface area contributed by atoms with Crippen LogP contribution in [0, 0.1) is 0 Å². The normalized spacial score (nSPS) is 11.9. The molecule has 9 heteroatoms.